The van der Waals surface area contributed by atoms with Crippen molar-refractivity contribution in [3.63, 3.8) is 0 Å². The lowest BCUT2D eigenvalue weighted by molar-refractivity contribution is -0.129. The van der Waals surface area contributed by atoms with Crippen molar-refractivity contribution in [2.24, 2.45) is 5.92 Å². The Hall–Kier alpha value is -4.54. The van der Waals surface area contributed by atoms with Gasteiger partial charge in [0, 0.05) is 30.6 Å². The van der Waals surface area contributed by atoms with Crippen molar-refractivity contribution >= 4 is 23.7 Å². The summed E-state index contributed by atoms with van der Waals surface area (Å²) in [5.74, 6) is 0.00548. The van der Waals surface area contributed by atoms with Gasteiger partial charge < -0.3 is 20.3 Å². The van der Waals surface area contributed by atoms with Crippen molar-refractivity contribution in [3.05, 3.63) is 71.5 Å². The third-order valence-corrected chi connectivity index (χ3v) is 7.09. The van der Waals surface area contributed by atoms with E-state index in [0.717, 1.165) is 5.56 Å². The van der Waals surface area contributed by atoms with Gasteiger partial charge in [0.05, 0.1) is 25.3 Å². The molecule has 3 amide bonds. The molecule has 0 aliphatic carbocycles. The minimum Gasteiger partial charge on any atom is -0.465 e. The minimum absolute atomic E-state index is 0.162. The fraction of sp³-hybridized carbons (Fsp3) is 0.419. The van der Waals surface area contributed by atoms with Crippen LogP contribution in [0.3, 0.4) is 0 Å². The summed E-state index contributed by atoms with van der Waals surface area (Å²) in [5.41, 5.74) is 1.59. The topological polar surface area (TPSA) is 136 Å². The molecule has 0 fully saturated rings. The molecular weight excluding hydrogens is 536 g/mol. The first-order valence-corrected chi connectivity index (χ1v) is 14.2. The maximum absolute atomic E-state index is 13.6. The number of nitrogens with zero attached hydrogens (tertiary/aromatic N) is 4. The average Bonchev–Trinajstić information content (AvgIpc) is 3.42. The van der Waals surface area contributed by atoms with E-state index in [0.29, 0.717) is 55.3 Å². The zero-order valence-electron chi connectivity index (χ0n) is 24.5. The van der Waals surface area contributed by atoms with E-state index >= 15 is 0 Å². The van der Waals surface area contributed by atoms with Gasteiger partial charge in [-0.2, -0.15) is 5.10 Å². The molecule has 1 aliphatic rings. The highest BCUT2D eigenvalue weighted by Gasteiger charge is 2.27. The third kappa shape index (κ3) is 7.59. The lowest BCUT2D eigenvalue weighted by Gasteiger charge is -2.26. The summed E-state index contributed by atoms with van der Waals surface area (Å²) in [7, 11) is 1.30. The molecule has 11 heteroatoms. The lowest BCUT2D eigenvalue weighted by Crippen LogP contribution is -2.48. The number of amides is 3. The van der Waals surface area contributed by atoms with Crippen molar-refractivity contribution in [2.75, 3.05) is 20.2 Å². The summed E-state index contributed by atoms with van der Waals surface area (Å²) in [6, 6.07) is 14.6. The van der Waals surface area contributed by atoms with Gasteiger partial charge in [-0.3, -0.25) is 14.4 Å². The van der Waals surface area contributed by atoms with E-state index < -0.39 is 18.1 Å². The van der Waals surface area contributed by atoms with E-state index in [4.69, 9.17) is 14.8 Å². The Morgan fingerprint density at radius 2 is 1.67 bits per heavy atom. The molecule has 0 saturated carbocycles. The number of rotatable bonds is 5. The summed E-state index contributed by atoms with van der Waals surface area (Å²) in [4.78, 5) is 58.0. The molecule has 11 nitrogen and oxygen atoms in total. The van der Waals surface area contributed by atoms with Crippen LogP contribution in [0.2, 0.25) is 0 Å². The SMILES string of the molecule is COC(=O)c1ccc(C(=O)N2CCCC(=O)N[C@H](CC(C)C)C(=O)N[C@H](C)c3nc(-c4ccccc4)nn3CC2)cc1. The summed E-state index contributed by atoms with van der Waals surface area (Å²) in [5, 5.41) is 10.6. The predicted octanol–water partition coefficient (Wildman–Crippen LogP) is 3.38. The second-order valence-electron chi connectivity index (χ2n) is 10.8. The Kier molecular flexibility index (Phi) is 10.1. The van der Waals surface area contributed by atoms with Gasteiger partial charge in [0.2, 0.25) is 11.8 Å². The number of esters is 1. The van der Waals surface area contributed by atoms with E-state index in [2.05, 4.69) is 10.6 Å². The van der Waals surface area contributed by atoms with Crippen molar-refractivity contribution in [1.82, 2.24) is 30.3 Å². The molecule has 42 heavy (non-hydrogen) atoms. The van der Waals surface area contributed by atoms with Gasteiger partial charge in [0.15, 0.2) is 5.82 Å². The van der Waals surface area contributed by atoms with Crippen LogP contribution >= 0.6 is 0 Å². The molecule has 4 rings (SSSR count). The molecule has 3 aromatic rings. The molecular formula is C31H38N6O5. The fourth-order valence-electron chi connectivity index (χ4n) is 4.91. The van der Waals surface area contributed by atoms with Crippen LogP contribution in [0.25, 0.3) is 11.4 Å². The standard InChI is InChI=1S/C31H38N6O5/c1-20(2)19-25-29(39)32-21(3)28-34-27(22-9-6-5-7-10-22)35-37(28)18-17-36(16-8-11-26(38)33-25)30(40)23-12-14-24(15-13-23)31(41)42-4/h5-7,9-10,12-15,20-21,25H,8,11,16-19H2,1-4H3,(H,32,39)(H,33,38)/t21-,25-/m1/s1. The van der Waals surface area contributed by atoms with Crippen LogP contribution in [0.1, 0.15) is 72.6 Å². The van der Waals surface area contributed by atoms with Gasteiger partial charge in [-0.15, -0.1) is 0 Å². The van der Waals surface area contributed by atoms with E-state index in [1.54, 1.807) is 33.8 Å². The Morgan fingerprint density at radius 3 is 2.33 bits per heavy atom. The Morgan fingerprint density at radius 1 is 0.976 bits per heavy atom. The maximum atomic E-state index is 13.6. The largest absolute Gasteiger partial charge is 0.465 e. The number of nitrogens with one attached hydrogen (secondary N) is 2. The Labute approximate surface area is 245 Å². The monoisotopic (exact) mass is 574 g/mol. The number of aromatic nitrogens is 3. The fourth-order valence-corrected chi connectivity index (χ4v) is 4.91. The smallest absolute Gasteiger partial charge is 0.337 e. The molecule has 1 aromatic heterocycles. The molecule has 2 heterocycles. The minimum atomic E-state index is -0.695. The summed E-state index contributed by atoms with van der Waals surface area (Å²) < 4.78 is 6.49. The maximum Gasteiger partial charge on any atom is 0.337 e. The quantitative estimate of drug-likeness (QED) is 0.446. The zero-order chi connectivity index (χ0) is 30.2. The van der Waals surface area contributed by atoms with Gasteiger partial charge in [-0.05, 0) is 49.9 Å². The summed E-state index contributed by atoms with van der Waals surface area (Å²) >= 11 is 0. The molecule has 0 bridgehead atoms. The van der Waals surface area contributed by atoms with Crippen molar-refractivity contribution < 1.29 is 23.9 Å². The van der Waals surface area contributed by atoms with Crippen LogP contribution in [0.5, 0.6) is 0 Å². The van der Waals surface area contributed by atoms with Gasteiger partial charge in [-0.1, -0.05) is 44.2 Å². The second-order valence-corrected chi connectivity index (χ2v) is 10.8. The van der Waals surface area contributed by atoms with Crippen LogP contribution in [-0.4, -0.2) is 69.6 Å². The second kappa shape index (κ2) is 13.9. The van der Waals surface area contributed by atoms with Crippen LogP contribution in [0, 0.1) is 5.92 Å². The first-order valence-electron chi connectivity index (χ1n) is 14.2. The number of fused-ring (bicyclic) bond motifs is 1. The van der Waals surface area contributed by atoms with Gasteiger partial charge in [0.25, 0.3) is 5.91 Å². The zero-order valence-corrected chi connectivity index (χ0v) is 24.5. The summed E-state index contributed by atoms with van der Waals surface area (Å²) in [6.45, 7) is 6.76. The van der Waals surface area contributed by atoms with E-state index in [9.17, 15) is 19.2 Å². The average molecular weight is 575 g/mol. The number of benzene rings is 2. The predicted molar refractivity (Wildman–Crippen MR) is 156 cm³/mol. The van der Waals surface area contributed by atoms with Crippen molar-refractivity contribution in [3.8, 4) is 11.4 Å². The first kappa shape index (κ1) is 30.4. The van der Waals surface area contributed by atoms with Crippen LogP contribution in [-0.2, 0) is 20.9 Å². The van der Waals surface area contributed by atoms with E-state index in [-0.39, 0.29) is 30.1 Å². The number of carbonyl (C=O) groups is 4. The molecule has 0 spiro atoms. The third-order valence-electron chi connectivity index (χ3n) is 7.09. The highest BCUT2D eigenvalue weighted by atomic mass is 16.5. The van der Waals surface area contributed by atoms with Gasteiger partial charge in [0.1, 0.15) is 11.9 Å². The molecule has 2 atom stereocenters. The number of hydrogen-bond donors (Lipinski definition) is 2. The molecule has 1 aliphatic heterocycles. The Bertz CT molecular complexity index is 1400. The van der Waals surface area contributed by atoms with Crippen LogP contribution in [0.15, 0.2) is 54.6 Å². The number of carbonyl (C=O) groups excluding carboxylic acids is 4. The lowest BCUT2D eigenvalue weighted by atomic mass is 10.0. The molecule has 222 valence electrons. The van der Waals surface area contributed by atoms with Crippen molar-refractivity contribution in [1.29, 1.82) is 0 Å². The molecule has 2 aromatic carbocycles. The normalized spacial score (nSPS) is 18.5. The van der Waals surface area contributed by atoms with E-state index in [1.165, 1.54) is 7.11 Å². The summed E-state index contributed by atoms with van der Waals surface area (Å²) in [6.07, 6.45) is 1.05. The molecule has 0 radical (unpaired) electrons. The van der Waals surface area contributed by atoms with Gasteiger partial charge >= 0.3 is 5.97 Å². The Balaban J connectivity index is 1.66. The molecule has 0 saturated heterocycles. The molecule has 2 N–H and O–H groups in total. The first-order chi connectivity index (χ1) is 20.2. The highest BCUT2D eigenvalue weighted by molar-refractivity contribution is 5.96. The number of hydrogen-bond acceptors (Lipinski definition) is 7. The highest BCUT2D eigenvalue weighted by Crippen LogP contribution is 2.20. The van der Waals surface area contributed by atoms with Crippen LogP contribution in [0.4, 0.5) is 0 Å². The van der Waals surface area contributed by atoms with E-state index in [1.807, 2.05) is 51.1 Å². The number of ether oxygens (including phenoxy) is 1. The number of methoxy groups -OCH3 is 1. The molecule has 0 unspecified atom stereocenters. The van der Waals surface area contributed by atoms with Gasteiger partial charge in [-0.25, -0.2) is 14.5 Å². The van der Waals surface area contributed by atoms with Crippen LogP contribution < -0.4 is 10.6 Å². The van der Waals surface area contributed by atoms with Crippen molar-refractivity contribution in [2.45, 2.75) is 58.7 Å².